The zero-order valence-corrected chi connectivity index (χ0v) is 15.6. The summed E-state index contributed by atoms with van der Waals surface area (Å²) in [7, 11) is 1.29. The van der Waals surface area contributed by atoms with Gasteiger partial charge in [-0.15, -0.1) is 11.3 Å². The van der Waals surface area contributed by atoms with E-state index in [1.54, 1.807) is 19.1 Å². The molecule has 0 saturated carbocycles. The number of anilines is 1. The Balaban J connectivity index is 1.92. The van der Waals surface area contributed by atoms with Gasteiger partial charge in [-0.3, -0.25) is 10.1 Å². The SMILES string of the molecule is COC(=O)c1sc(NC(=O)c2sc3cccc(Cl)c3c2Cl)nc1C. The summed E-state index contributed by atoms with van der Waals surface area (Å²) in [6.07, 6.45) is 0. The van der Waals surface area contributed by atoms with E-state index in [9.17, 15) is 9.59 Å². The first kappa shape index (κ1) is 17.2. The quantitative estimate of drug-likeness (QED) is 0.627. The van der Waals surface area contributed by atoms with Crippen LogP contribution in [-0.4, -0.2) is 24.0 Å². The summed E-state index contributed by atoms with van der Waals surface area (Å²) in [5.41, 5.74) is 0.493. The molecule has 0 radical (unpaired) electrons. The Labute approximate surface area is 155 Å². The number of aryl methyl sites for hydroxylation is 1. The molecule has 1 amide bonds. The van der Waals surface area contributed by atoms with E-state index in [2.05, 4.69) is 15.0 Å². The van der Waals surface area contributed by atoms with Crippen LogP contribution in [0.2, 0.25) is 10.0 Å². The Hall–Kier alpha value is -1.67. The van der Waals surface area contributed by atoms with Crippen molar-refractivity contribution >= 4 is 73.0 Å². The summed E-state index contributed by atoms with van der Waals surface area (Å²) in [4.78, 5) is 29.0. The number of aromatic nitrogens is 1. The van der Waals surface area contributed by atoms with E-state index in [0.29, 0.717) is 36.0 Å². The Kier molecular flexibility index (Phi) is 4.78. The molecule has 0 unspecified atom stereocenters. The van der Waals surface area contributed by atoms with E-state index in [4.69, 9.17) is 23.2 Å². The van der Waals surface area contributed by atoms with Crippen LogP contribution in [0.15, 0.2) is 18.2 Å². The molecule has 1 aromatic carbocycles. The van der Waals surface area contributed by atoms with E-state index in [1.807, 2.05) is 6.07 Å². The van der Waals surface area contributed by atoms with Crippen molar-refractivity contribution in [3.63, 3.8) is 0 Å². The molecule has 0 saturated heterocycles. The van der Waals surface area contributed by atoms with Gasteiger partial charge in [0.25, 0.3) is 5.91 Å². The second-order valence-electron chi connectivity index (χ2n) is 4.74. The van der Waals surface area contributed by atoms with Gasteiger partial charge >= 0.3 is 5.97 Å². The van der Waals surface area contributed by atoms with Gasteiger partial charge < -0.3 is 4.74 Å². The predicted octanol–water partition coefficient (Wildman–Crippen LogP) is 5.01. The number of amides is 1. The van der Waals surface area contributed by atoms with Gasteiger partial charge in [0.1, 0.15) is 9.75 Å². The van der Waals surface area contributed by atoms with Gasteiger partial charge in [0.15, 0.2) is 5.13 Å². The number of thiazole rings is 1. The van der Waals surface area contributed by atoms with Crippen molar-refractivity contribution in [3.05, 3.63) is 43.7 Å². The van der Waals surface area contributed by atoms with E-state index >= 15 is 0 Å². The van der Waals surface area contributed by atoms with Crippen molar-refractivity contribution in [1.82, 2.24) is 4.98 Å². The summed E-state index contributed by atoms with van der Waals surface area (Å²) in [5, 5.41) is 4.42. The molecule has 0 aliphatic carbocycles. The van der Waals surface area contributed by atoms with Gasteiger partial charge in [0, 0.05) is 10.1 Å². The number of nitrogens with zero attached hydrogens (tertiary/aromatic N) is 1. The summed E-state index contributed by atoms with van der Waals surface area (Å²) in [6.45, 7) is 1.67. The maximum Gasteiger partial charge on any atom is 0.350 e. The van der Waals surface area contributed by atoms with Gasteiger partial charge in [-0.1, -0.05) is 40.6 Å². The standard InChI is InChI=1S/C15H10Cl2N2O3S2/c1-6-11(14(21)22-2)24-15(18-6)19-13(20)12-10(17)9-7(16)4-3-5-8(9)23-12/h3-5H,1-2H3,(H,18,19,20). The molecule has 124 valence electrons. The minimum atomic E-state index is -0.489. The number of hydrogen-bond donors (Lipinski definition) is 1. The molecule has 5 nitrogen and oxygen atoms in total. The maximum absolute atomic E-state index is 12.5. The Bertz CT molecular complexity index is 965. The molecule has 2 heterocycles. The van der Waals surface area contributed by atoms with Crippen LogP contribution in [0, 0.1) is 6.92 Å². The average Bonchev–Trinajstić information content (AvgIpc) is 3.08. The van der Waals surface area contributed by atoms with E-state index in [1.165, 1.54) is 18.4 Å². The van der Waals surface area contributed by atoms with Crippen molar-refractivity contribution in [2.24, 2.45) is 0 Å². The number of hydrogen-bond acceptors (Lipinski definition) is 6. The summed E-state index contributed by atoms with van der Waals surface area (Å²) in [5.74, 6) is -0.889. The highest BCUT2D eigenvalue weighted by Gasteiger charge is 2.21. The van der Waals surface area contributed by atoms with Crippen LogP contribution in [0.25, 0.3) is 10.1 Å². The second-order valence-corrected chi connectivity index (χ2v) is 7.57. The monoisotopic (exact) mass is 400 g/mol. The van der Waals surface area contributed by atoms with Gasteiger partial charge in [-0.25, -0.2) is 9.78 Å². The predicted molar refractivity (Wildman–Crippen MR) is 98.0 cm³/mol. The highest BCUT2D eigenvalue weighted by Crippen LogP contribution is 2.39. The number of benzene rings is 1. The molecule has 9 heteroatoms. The summed E-state index contributed by atoms with van der Waals surface area (Å²) >= 11 is 14.7. The largest absolute Gasteiger partial charge is 0.465 e. The molecule has 24 heavy (non-hydrogen) atoms. The fraction of sp³-hybridized carbons (Fsp3) is 0.133. The lowest BCUT2D eigenvalue weighted by molar-refractivity contribution is 0.0605. The number of nitrogens with one attached hydrogen (secondary N) is 1. The first-order valence-corrected chi connectivity index (χ1v) is 9.05. The fourth-order valence-electron chi connectivity index (χ4n) is 2.10. The smallest absolute Gasteiger partial charge is 0.350 e. The zero-order valence-electron chi connectivity index (χ0n) is 12.5. The van der Waals surface area contributed by atoms with Crippen LogP contribution in [0.5, 0.6) is 0 Å². The molecule has 0 aliphatic rings. The normalized spacial score (nSPS) is 10.8. The van der Waals surface area contributed by atoms with Crippen LogP contribution in [0.3, 0.4) is 0 Å². The lowest BCUT2D eigenvalue weighted by Gasteiger charge is -1.99. The third-order valence-electron chi connectivity index (χ3n) is 3.20. The Morgan fingerprint density at radius 2 is 1.96 bits per heavy atom. The molecule has 2 aromatic heterocycles. The molecule has 3 aromatic rings. The molecule has 0 bridgehead atoms. The second kappa shape index (κ2) is 6.68. The van der Waals surface area contributed by atoms with Crippen molar-refractivity contribution in [1.29, 1.82) is 0 Å². The number of methoxy groups -OCH3 is 1. The average molecular weight is 401 g/mol. The number of carbonyl (C=O) groups excluding carboxylic acids is 2. The lowest BCUT2D eigenvalue weighted by Crippen LogP contribution is -2.10. The molecule has 0 spiro atoms. The van der Waals surface area contributed by atoms with Crippen LogP contribution in [0.1, 0.15) is 25.0 Å². The highest BCUT2D eigenvalue weighted by atomic mass is 35.5. The van der Waals surface area contributed by atoms with Crippen molar-refractivity contribution < 1.29 is 14.3 Å². The number of halogens is 2. The molecule has 0 aliphatic heterocycles. The third-order valence-corrected chi connectivity index (χ3v) is 6.21. The fourth-order valence-corrected chi connectivity index (χ4v) is 4.83. The highest BCUT2D eigenvalue weighted by molar-refractivity contribution is 7.22. The Morgan fingerprint density at radius 1 is 1.21 bits per heavy atom. The number of fused-ring (bicyclic) bond motifs is 1. The maximum atomic E-state index is 12.5. The van der Waals surface area contributed by atoms with Gasteiger partial charge in [-0.05, 0) is 19.1 Å². The lowest BCUT2D eigenvalue weighted by atomic mass is 10.2. The number of ether oxygens (including phenoxy) is 1. The molecule has 1 N–H and O–H groups in total. The van der Waals surface area contributed by atoms with Crippen molar-refractivity contribution in [2.75, 3.05) is 12.4 Å². The molecule has 3 rings (SSSR count). The summed E-state index contributed by atoms with van der Waals surface area (Å²) < 4.78 is 5.50. The minimum Gasteiger partial charge on any atom is -0.465 e. The molecule has 0 atom stereocenters. The minimum absolute atomic E-state index is 0.303. The first-order valence-electron chi connectivity index (χ1n) is 6.66. The van der Waals surface area contributed by atoms with E-state index in [-0.39, 0.29) is 0 Å². The Morgan fingerprint density at radius 3 is 2.62 bits per heavy atom. The van der Waals surface area contributed by atoms with Crippen LogP contribution >= 0.6 is 45.9 Å². The number of thiophene rings is 1. The number of rotatable bonds is 3. The van der Waals surface area contributed by atoms with Crippen LogP contribution in [0.4, 0.5) is 5.13 Å². The summed E-state index contributed by atoms with van der Waals surface area (Å²) in [6, 6.07) is 5.36. The van der Waals surface area contributed by atoms with Gasteiger partial charge in [0.05, 0.1) is 22.8 Å². The van der Waals surface area contributed by atoms with Gasteiger partial charge in [0.2, 0.25) is 0 Å². The van der Waals surface area contributed by atoms with Crippen molar-refractivity contribution in [2.45, 2.75) is 6.92 Å². The molecule has 0 fully saturated rings. The van der Waals surface area contributed by atoms with Gasteiger partial charge in [-0.2, -0.15) is 0 Å². The number of esters is 1. The topological polar surface area (TPSA) is 68.3 Å². The van der Waals surface area contributed by atoms with E-state index < -0.39 is 11.9 Å². The number of carbonyl (C=O) groups is 2. The zero-order chi connectivity index (χ0) is 17.4. The van der Waals surface area contributed by atoms with Crippen molar-refractivity contribution in [3.8, 4) is 0 Å². The van der Waals surface area contributed by atoms with Crippen LogP contribution < -0.4 is 5.32 Å². The first-order chi connectivity index (χ1) is 11.4. The molecular formula is C15H10Cl2N2O3S2. The molecular weight excluding hydrogens is 391 g/mol. The van der Waals surface area contributed by atoms with E-state index in [0.717, 1.165) is 16.0 Å². The van der Waals surface area contributed by atoms with Crippen LogP contribution in [-0.2, 0) is 4.74 Å². The third kappa shape index (κ3) is 3.00.